The molecule has 0 fully saturated rings. The third kappa shape index (κ3) is 1.86. The second kappa shape index (κ2) is 4.55. The number of carbonyl (C=O) groups excluding carboxylic acids is 2. The molecule has 0 aromatic heterocycles. The van der Waals surface area contributed by atoms with Crippen LogP contribution in [0.4, 0.5) is 0 Å². The number of ketones is 1. The monoisotopic (exact) mass is 246 g/mol. The summed E-state index contributed by atoms with van der Waals surface area (Å²) in [6.45, 7) is 0. The van der Waals surface area contributed by atoms with Crippen molar-refractivity contribution in [2.45, 2.75) is 6.42 Å². The van der Waals surface area contributed by atoms with Gasteiger partial charge in [-0.25, -0.2) is 0 Å². The van der Waals surface area contributed by atoms with Crippen LogP contribution >= 0.6 is 0 Å². The topological polar surface area (TPSA) is 34.1 Å². The Morgan fingerprint density at radius 1 is 0.947 bits per heavy atom. The lowest BCUT2D eigenvalue weighted by atomic mass is 10.0. The van der Waals surface area contributed by atoms with Crippen LogP contribution in [-0.4, -0.2) is 12.1 Å². The number of fused-ring (bicyclic) bond motifs is 3. The van der Waals surface area contributed by atoms with Crippen molar-refractivity contribution in [2.24, 2.45) is 0 Å². The Morgan fingerprint density at radius 3 is 2.47 bits per heavy atom. The highest BCUT2D eigenvalue weighted by atomic mass is 16.1. The van der Waals surface area contributed by atoms with Gasteiger partial charge in [-0.15, -0.1) is 0 Å². The Bertz CT molecular complexity index is 745. The van der Waals surface area contributed by atoms with Crippen LogP contribution in [0.15, 0.2) is 42.5 Å². The van der Waals surface area contributed by atoms with Crippen LogP contribution in [0.2, 0.25) is 0 Å². The van der Waals surface area contributed by atoms with E-state index in [9.17, 15) is 9.59 Å². The first-order valence-corrected chi connectivity index (χ1v) is 6.02. The van der Waals surface area contributed by atoms with Gasteiger partial charge in [-0.3, -0.25) is 4.79 Å². The molecule has 0 spiro atoms. The second-order valence-corrected chi connectivity index (χ2v) is 4.31. The highest BCUT2D eigenvalue weighted by Crippen LogP contribution is 2.36. The summed E-state index contributed by atoms with van der Waals surface area (Å²) in [5, 5.41) is 0. The zero-order valence-electron chi connectivity index (χ0n) is 10.1. The molecule has 0 amide bonds. The molecule has 2 aromatic carbocycles. The van der Waals surface area contributed by atoms with E-state index in [1.54, 1.807) is 6.07 Å². The zero-order valence-corrected chi connectivity index (χ0v) is 10.1. The number of hydrogen-bond donors (Lipinski definition) is 0. The first kappa shape index (κ1) is 11.4. The molecule has 0 unspecified atom stereocenters. The average Bonchev–Trinajstić information content (AvgIpc) is 2.73. The second-order valence-electron chi connectivity index (χ2n) is 4.31. The van der Waals surface area contributed by atoms with Gasteiger partial charge >= 0.3 is 0 Å². The van der Waals surface area contributed by atoms with Crippen LogP contribution in [0.3, 0.4) is 0 Å². The summed E-state index contributed by atoms with van der Waals surface area (Å²) in [6.07, 6.45) is 0.979. The van der Waals surface area contributed by atoms with E-state index in [0.717, 1.165) is 28.5 Å². The minimum Gasteiger partial charge on any atom is -0.302 e. The molecule has 1 aliphatic carbocycles. The van der Waals surface area contributed by atoms with Crippen molar-refractivity contribution in [2.75, 3.05) is 0 Å². The summed E-state index contributed by atoms with van der Waals surface area (Å²) in [5.41, 5.74) is 4.15. The number of aldehydes is 1. The third-order valence-corrected chi connectivity index (χ3v) is 3.14. The first-order valence-electron chi connectivity index (χ1n) is 6.02. The minimum absolute atomic E-state index is 0.0460. The largest absolute Gasteiger partial charge is 0.302 e. The Balaban J connectivity index is 2.08. The van der Waals surface area contributed by atoms with E-state index < -0.39 is 0 Å². The molecule has 0 saturated heterocycles. The summed E-state index contributed by atoms with van der Waals surface area (Å²) in [7, 11) is 0. The molecule has 3 rings (SSSR count). The molecular formula is C17H10O2. The van der Waals surface area contributed by atoms with Gasteiger partial charge in [0.1, 0.15) is 6.29 Å². The Labute approximate surface area is 111 Å². The van der Waals surface area contributed by atoms with Crippen LogP contribution in [0.5, 0.6) is 0 Å². The quantitative estimate of drug-likeness (QED) is 0.488. The van der Waals surface area contributed by atoms with E-state index in [2.05, 4.69) is 11.8 Å². The lowest BCUT2D eigenvalue weighted by Gasteiger charge is -1.99. The molecule has 2 heteroatoms. The molecule has 0 atom stereocenters. The van der Waals surface area contributed by atoms with Crippen LogP contribution in [0.1, 0.15) is 27.9 Å². The van der Waals surface area contributed by atoms with E-state index in [4.69, 9.17) is 0 Å². The van der Waals surface area contributed by atoms with Crippen molar-refractivity contribution in [3.05, 3.63) is 59.2 Å². The Kier molecular flexibility index (Phi) is 2.74. The van der Waals surface area contributed by atoms with Crippen LogP contribution in [0.25, 0.3) is 11.1 Å². The van der Waals surface area contributed by atoms with Gasteiger partial charge in [-0.05, 0) is 23.3 Å². The van der Waals surface area contributed by atoms with Crippen molar-refractivity contribution < 1.29 is 9.59 Å². The molecule has 1 aliphatic rings. The first-order chi connectivity index (χ1) is 9.31. The van der Waals surface area contributed by atoms with Gasteiger partial charge in [0.25, 0.3) is 0 Å². The minimum atomic E-state index is 0.0460. The smallest absolute Gasteiger partial charge is 0.194 e. The molecule has 0 radical (unpaired) electrons. The molecule has 0 N–H and O–H groups in total. The van der Waals surface area contributed by atoms with E-state index in [0.29, 0.717) is 5.56 Å². The van der Waals surface area contributed by atoms with Crippen molar-refractivity contribution in [1.29, 1.82) is 0 Å². The number of carbonyl (C=O) groups is 2. The molecule has 0 heterocycles. The Morgan fingerprint density at radius 2 is 1.68 bits per heavy atom. The van der Waals surface area contributed by atoms with Gasteiger partial charge in [-0.1, -0.05) is 42.2 Å². The molecule has 19 heavy (non-hydrogen) atoms. The van der Waals surface area contributed by atoms with Crippen molar-refractivity contribution in [3.63, 3.8) is 0 Å². The van der Waals surface area contributed by atoms with E-state index >= 15 is 0 Å². The van der Waals surface area contributed by atoms with Crippen molar-refractivity contribution in [1.82, 2.24) is 0 Å². The van der Waals surface area contributed by atoms with E-state index in [1.807, 2.05) is 36.4 Å². The highest BCUT2D eigenvalue weighted by Gasteiger charge is 2.25. The molecular weight excluding hydrogens is 236 g/mol. The average molecular weight is 246 g/mol. The van der Waals surface area contributed by atoms with E-state index in [-0.39, 0.29) is 12.2 Å². The molecule has 0 aliphatic heterocycles. The van der Waals surface area contributed by atoms with Gasteiger partial charge in [0.05, 0.1) is 6.42 Å². The predicted molar refractivity (Wildman–Crippen MR) is 72.9 cm³/mol. The predicted octanol–water partition coefficient (Wildman–Crippen LogP) is 2.84. The van der Waals surface area contributed by atoms with Gasteiger partial charge in [0.2, 0.25) is 0 Å². The van der Waals surface area contributed by atoms with Crippen LogP contribution < -0.4 is 0 Å². The van der Waals surface area contributed by atoms with Crippen molar-refractivity contribution in [3.8, 4) is 23.0 Å². The molecule has 90 valence electrons. The summed E-state index contributed by atoms with van der Waals surface area (Å²) in [6, 6.07) is 13.2. The summed E-state index contributed by atoms with van der Waals surface area (Å²) in [5.74, 6) is 5.68. The molecule has 2 nitrogen and oxygen atoms in total. The summed E-state index contributed by atoms with van der Waals surface area (Å²) < 4.78 is 0. The SMILES string of the molecule is O=CCC#Cc1ccc2c(c1)C(=O)c1ccccc1-2. The fourth-order valence-electron chi connectivity index (χ4n) is 2.30. The zero-order chi connectivity index (χ0) is 13.2. The summed E-state index contributed by atoms with van der Waals surface area (Å²) in [4.78, 5) is 22.5. The maximum atomic E-state index is 12.3. The number of rotatable bonds is 1. The Hall–Kier alpha value is -2.66. The molecule has 2 aromatic rings. The third-order valence-electron chi connectivity index (χ3n) is 3.14. The fraction of sp³-hybridized carbons (Fsp3) is 0.0588. The fourth-order valence-corrected chi connectivity index (χ4v) is 2.30. The highest BCUT2D eigenvalue weighted by molar-refractivity contribution is 6.21. The van der Waals surface area contributed by atoms with Gasteiger partial charge in [0.15, 0.2) is 5.78 Å². The van der Waals surface area contributed by atoms with Crippen LogP contribution in [-0.2, 0) is 4.79 Å². The van der Waals surface area contributed by atoms with E-state index in [1.165, 1.54) is 0 Å². The molecule has 0 bridgehead atoms. The lowest BCUT2D eigenvalue weighted by molar-refractivity contribution is -0.107. The van der Waals surface area contributed by atoms with Crippen LogP contribution in [0, 0.1) is 11.8 Å². The molecule has 0 saturated carbocycles. The number of hydrogen-bond acceptors (Lipinski definition) is 2. The summed E-state index contributed by atoms with van der Waals surface area (Å²) >= 11 is 0. The lowest BCUT2D eigenvalue weighted by Crippen LogP contribution is -1.95. The van der Waals surface area contributed by atoms with Gasteiger partial charge in [-0.2, -0.15) is 0 Å². The van der Waals surface area contributed by atoms with Crippen molar-refractivity contribution >= 4 is 12.1 Å². The van der Waals surface area contributed by atoms with Gasteiger partial charge in [0, 0.05) is 16.7 Å². The normalized spacial score (nSPS) is 11.3. The van der Waals surface area contributed by atoms with Gasteiger partial charge < -0.3 is 4.79 Å². The standard InChI is InChI=1S/C17H10O2/c18-10-4-3-5-12-8-9-14-13-6-1-2-7-15(13)17(19)16(14)11-12/h1-2,6-11H,4H2. The maximum absolute atomic E-state index is 12.3. The maximum Gasteiger partial charge on any atom is 0.194 e. The number of benzene rings is 2.